The van der Waals surface area contributed by atoms with Crippen LogP contribution in [0.1, 0.15) is 90.2 Å². The van der Waals surface area contributed by atoms with Crippen LogP contribution in [-0.4, -0.2) is 23.5 Å². The van der Waals surface area contributed by atoms with Crippen molar-refractivity contribution in [3.8, 4) is 5.75 Å². The topological polar surface area (TPSA) is 45.1 Å². The fourth-order valence-corrected chi connectivity index (χ4v) is 10.2. The Morgan fingerprint density at radius 2 is 1.78 bits per heavy atom. The van der Waals surface area contributed by atoms with E-state index in [0.29, 0.717) is 12.5 Å². The molecule has 7 rings (SSSR count). The minimum atomic E-state index is -0.139. The molecule has 0 amide bonds. The van der Waals surface area contributed by atoms with Gasteiger partial charge in [0.05, 0.1) is 29.5 Å². The van der Waals surface area contributed by atoms with Crippen LogP contribution in [0.4, 0.5) is 5.69 Å². The zero-order chi connectivity index (χ0) is 28.4. The van der Waals surface area contributed by atoms with Crippen molar-refractivity contribution < 1.29 is 9.84 Å². The van der Waals surface area contributed by atoms with Gasteiger partial charge < -0.3 is 9.84 Å². The minimum Gasteiger partial charge on any atom is -0.494 e. The molecule has 3 saturated carbocycles. The molecule has 8 atom stereocenters. The van der Waals surface area contributed by atoms with Crippen molar-refractivity contribution in [2.24, 2.45) is 39.6 Å². The first-order valence-electron chi connectivity index (χ1n) is 16.0. The highest BCUT2D eigenvalue weighted by Crippen LogP contribution is 2.67. The molecule has 5 aliphatic rings. The van der Waals surface area contributed by atoms with E-state index in [0.717, 1.165) is 59.9 Å². The summed E-state index contributed by atoms with van der Waals surface area (Å²) in [4.78, 5) is 0. The molecule has 0 spiro atoms. The summed E-state index contributed by atoms with van der Waals surface area (Å²) >= 11 is 6.77. The molecule has 1 aliphatic heterocycles. The second-order valence-corrected chi connectivity index (χ2v) is 14.3. The number of aliphatic hydroxyl groups is 1. The van der Waals surface area contributed by atoms with Crippen molar-refractivity contribution in [2.75, 3.05) is 11.6 Å². The first kappa shape index (κ1) is 27.5. The van der Waals surface area contributed by atoms with E-state index in [4.69, 9.17) is 21.4 Å². The summed E-state index contributed by atoms with van der Waals surface area (Å²) in [6, 6.07) is 16.9. The van der Waals surface area contributed by atoms with Crippen LogP contribution in [0.25, 0.3) is 0 Å². The molecular formula is C36H45ClN2O2. The Balaban J connectivity index is 1.19. The number of nitrogens with zero attached hydrogens (tertiary/aromatic N) is 2. The number of allylic oxidation sites excluding steroid dienone is 1. The van der Waals surface area contributed by atoms with Crippen LogP contribution >= 0.6 is 11.6 Å². The van der Waals surface area contributed by atoms with E-state index in [9.17, 15) is 5.11 Å². The fourth-order valence-electron chi connectivity index (χ4n) is 10.0. The van der Waals surface area contributed by atoms with Gasteiger partial charge in [-0.2, -0.15) is 5.10 Å². The van der Waals surface area contributed by atoms with Gasteiger partial charge in [-0.25, -0.2) is 0 Å². The van der Waals surface area contributed by atoms with Gasteiger partial charge >= 0.3 is 0 Å². The number of ether oxygens (including phenoxy) is 1. The molecule has 4 nitrogen and oxygen atoms in total. The number of hydrogen-bond donors (Lipinski definition) is 1. The van der Waals surface area contributed by atoms with Gasteiger partial charge in [-0.15, -0.1) is 0 Å². The molecule has 41 heavy (non-hydrogen) atoms. The smallest absolute Gasteiger partial charge is 0.119 e. The van der Waals surface area contributed by atoms with E-state index < -0.39 is 0 Å². The molecule has 2 aromatic rings. The Morgan fingerprint density at radius 3 is 2.56 bits per heavy atom. The van der Waals surface area contributed by atoms with Gasteiger partial charge in [0.15, 0.2) is 0 Å². The molecule has 1 unspecified atom stereocenters. The number of hydrazone groups is 1. The van der Waals surface area contributed by atoms with Crippen LogP contribution < -0.4 is 9.75 Å². The quantitative estimate of drug-likeness (QED) is 0.364. The molecular weight excluding hydrogens is 528 g/mol. The molecule has 1 heterocycles. The van der Waals surface area contributed by atoms with Gasteiger partial charge in [-0.05, 0) is 117 Å². The summed E-state index contributed by atoms with van der Waals surface area (Å²) in [7, 11) is 0. The molecule has 2 aromatic carbocycles. The maximum Gasteiger partial charge on any atom is 0.119 e. The monoisotopic (exact) mass is 572 g/mol. The summed E-state index contributed by atoms with van der Waals surface area (Å²) in [5, 5.41) is 18.8. The fraction of sp³-hybridized carbons (Fsp3) is 0.583. The number of anilines is 1. The Labute approximate surface area is 250 Å². The van der Waals surface area contributed by atoms with E-state index in [2.05, 4.69) is 61.3 Å². The maximum absolute atomic E-state index is 10.4. The van der Waals surface area contributed by atoms with E-state index in [1.54, 1.807) is 5.57 Å². The second-order valence-electron chi connectivity index (χ2n) is 13.9. The van der Waals surface area contributed by atoms with Gasteiger partial charge in [0.25, 0.3) is 0 Å². The summed E-state index contributed by atoms with van der Waals surface area (Å²) in [5.74, 6) is 3.68. The third-order valence-electron chi connectivity index (χ3n) is 12.1. The summed E-state index contributed by atoms with van der Waals surface area (Å²) in [6.07, 6.45) is 12.7. The number of benzene rings is 2. The predicted molar refractivity (Wildman–Crippen MR) is 168 cm³/mol. The number of hydrogen-bond acceptors (Lipinski definition) is 4. The van der Waals surface area contributed by atoms with Crippen molar-refractivity contribution >= 4 is 23.0 Å². The number of fused-ring (bicyclic) bond motifs is 5. The third-order valence-corrected chi connectivity index (χ3v) is 12.4. The Morgan fingerprint density at radius 1 is 0.976 bits per heavy atom. The van der Waals surface area contributed by atoms with Gasteiger partial charge in [-0.1, -0.05) is 61.4 Å². The number of halogens is 1. The Bertz CT molecular complexity index is 1350. The predicted octanol–water partition coefficient (Wildman–Crippen LogP) is 8.99. The highest BCUT2D eigenvalue weighted by Gasteiger charge is 2.59. The van der Waals surface area contributed by atoms with Crippen molar-refractivity contribution in [1.29, 1.82) is 0 Å². The highest BCUT2D eigenvalue weighted by atomic mass is 35.5. The van der Waals surface area contributed by atoms with Crippen LogP contribution in [0.2, 0.25) is 5.02 Å². The van der Waals surface area contributed by atoms with Gasteiger partial charge in [-0.3, -0.25) is 5.01 Å². The lowest BCUT2D eigenvalue weighted by Crippen LogP contribution is -2.51. The first-order valence-corrected chi connectivity index (χ1v) is 16.4. The molecule has 0 radical (unpaired) electrons. The third kappa shape index (κ3) is 4.47. The average molecular weight is 573 g/mol. The lowest BCUT2D eigenvalue weighted by Gasteiger charge is -2.58. The van der Waals surface area contributed by atoms with Crippen LogP contribution in [-0.2, 0) is 0 Å². The molecule has 3 fully saturated rings. The van der Waals surface area contributed by atoms with Crippen molar-refractivity contribution in [3.63, 3.8) is 0 Å². The summed E-state index contributed by atoms with van der Waals surface area (Å²) in [5.41, 5.74) is 5.74. The van der Waals surface area contributed by atoms with Gasteiger partial charge in [0.1, 0.15) is 5.75 Å². The zero-order valence-electron chi connectivity index (χ0n) is 24.9. The highest BCUT2D eigenvalue weighted by molar-refractivity contribution is 6.33. The first-order chi connectivity index (χ1) is 19.8. The maximum atomic E-state index is 10.4. The lowest BCUT2D eigenvalue weighted by molar-refractivity contribution is -0.0424. The molecule has 218 valence electrons. The Hall–Kier alpha value is -2.30. The number of rotatable bonds is 5. The molecule has 0 aromatic heterocycles. The Kier molecular flexibility index (Phi) is 7.02. The van der Waals surface area contributed by atoms with Crippen molar-refractivity contribution in [1.82, 2.24) is 0 Å². The van der Waals surface area contributed by atoms with Crippen LogP contribution in [0.15, 0.2) is 65.3 Å². The van der Waals surface area contributed by atoms with Crippen molar-refractivity contribution in [2.45, 2.75) is 90.7 Å². The van der Waals surface area contributed by atoms with Crippen LogP contribution in [0.5, 0.6) is 5.75 Å². The van der Waals surface area contributed by atoms with Gasteiger partial charge in [0, 0.05) is 18.1 Å². The SMILES string of the molecule is CCOc1ccc(C2CC([C@H]3CC[C@H]4[C@@H]5CC=C6C[C@@H](O)CC[C@]6(C)[C@H]5CC[C@]34C)=NN2c2ccccc2Cl)cc1. The standard InChI is InChI=1S/C36H45ClN2O2/c1-4-41-26-12-9-23(10-13-26)34-22-32(38-39(34)33-8-6-5-7-31(33)37)30-16-15-28-27-14-11-24-21-25(40)17-19-35(24,2)29(27)18-20-36(28,30)3/h5-13,25,27-30,34,40H,4,14-22H2,1-3H3/t25-,27-,28-,29-,30+,34?,35-,36-/m0/s1. The van der Waals surface area contributed by atoms with E-state index in [1.807, 2.05) is 19.1 Å². The normalized spacial score (nSPS) is 38.0. The molecule has 0 bridgehead atoms. The second kappa shape index (κ2) is 10.5. The summed E-state index contributed by atoms with van der Waals surface area (Å²) in [6.45, 7) is 7.82. The van der Waals surface area contributed by atoms with Crippen LogP contribution in [0, 0.1) is 34.5 Å². The molecule has 0 saturated heterocycles. The summed E-state index contributed by atoms with van der Waals surface area (Å²) < 4.78 is 5.74. The number of aliphatic hydroxyl groups excluding tert-OH is 1. The molecule has 4 aliphatic carbocycles. The van der Waals surface area contributed by atoms with Gasteiger partial charge in [0.2, 0.25) is 0 Å². The van der Waals surface area contributed by atoms with E-state index in [-0.39, 0.29) is 23.0 Å². The van der Waals surface area contributed by atoms with Crippen LogP contribution in [0.3, 0.4) is 0 Å². The van der Waals surface area contributed by atoms with E-state index in [1.165, 1.54) is 43.4 Å². The van der Waals surface area contributed by atoms with E-state index >= 15 is 0 Å². The van der Waals surface area contributed by atoms with Crippen molar-refractivity contribution in [3.05, 3.63) is 70.8 Å². The molecule has 5 heteroatoms. The lowest BCUT2D eigenvalue weighted by atomic mass is 9.47. The number of para-hydroxylation sites is 1. The average Bonchev–Trinajstić information content (AvgIpc) is 3.55. The molecule has 1 N–H and O–H groups in total. The largest absolute Gasteiger partial charge is 0.494 e. The zero-order valence-corrected chi connectivity index (χ0v) is 25.6. The minimum absolute atomic E-state index is 0.132.